The van der Waals surface area contributed by atoms with E-state index in [2.05, 4.69) is 15.6 Å². The fourth-order valence-corrected chi connectivity index (χ4v) is 1.40. The molecule has 0 saturated heterocycles. The van der Waals surface area contributed by atoms with Crippen LogP contribution in [0.5, 0.6) is 0 Å². The summed E-state index contributed by atoms with van der Waals surface area (Å²) in [6, 6.07) is 3.16. The summed E-state index contributed by atoms with van der Waals surface area (Å²) in [5, 5.41) is 5.57. The van der Waals surface area contributed by atoms with E-state index in [4.69, 9.17) is 0 Å². The predicted molar refractivity (Wildman–Crippen MR) is 74.1 cm³/mol. The monoisotopic (exact) mass is 263 g/mol. The summed E-state index contributed by atoms with van der Waals surface area (Å²) in [7, 11) is 0. The third-order valence-corrected chi connectivity index (χ3v) is 2.28. The molecular weight excluding hydrogens is 242 g/mol. The maximum absolute atomic E-state index is 11.9. The summed E-state index contributed by atoms with van der Waals surface area (Å²) in [6.45, 7) is 8.32. The lowest BCUT2D eigenvalue weighted by atomic mass is 10.1. The Bertz CT molecular complexity index is 447. The third kappa shape index (κ3) is 5.07. The van der Waals surface area contributed by atoms with E-state index in [0.29, 0.717) is 17.8 Å². The van der Waals surface area contributed by atoms with E-state index in [0.717, 1.165) is 6.42 Å². The summed E-state index contributed by atoms with van der Waals surface area (Å²) >= 11 is 0. The minimum Gasteiger partial charge on any atom is -0.351 e. The fraction of sp³-hybridized carbons (Fsp3) is 0.500. The van der Waals surface area contributed by atoms with Gasteiger partial charge in [0.15, 0.2) is 0 Å². The Hall–Kier alpha value is -1.91. The van der Waals surface area contributed by atoms with Crippen LogP contribution in [0.3, 0.4) is 0 Å². The first kappa shape index (κ1) is 15.1. The van der Waals surface area contributed by atoms with Crippen LogP contribution in [-0.4, -0.2) is 28.9 Å². The number of rotatable bonds is 4. The van der Waals surface area contributed by atoms with Crippen LogP contribution in [0, 0.1) is 0 Å². The maximum atomic E-state index is 11.9. The number of hydrogen-bond acceptors (Lipinski definition) is 3. The van der Waals surface area contributed by atoms with Gasteiger partial charge in [-0.05, 0) is 39.3 Å². The zero-order chi connectivity index (χ0) is 14.5. The van der Waals surface area contributed by atoms with E-state index in [1.807, 2.05) is 27.7 Å². The van der Waals surface area contributed by atoms with E-state index >= 15 is 0 Å². The number of nitrogens with one attached hydrogen (secondary N) is 2. The SMILES string of the molecule is CCCNC(=O)c1ccc(C(=O)NC(C)(C)C)cn1. The molecule has 0 aliphatic heterocycles. The fourth-order valence-electron chi connectivity index (χ4n) is 1.40. The molecule has 1 aromatic rings. The van der Waals surface area contributed by atoms with Crippen molar-refractivity contribution in [2.24, 2.45) is 0 Å². The summed E-state index contributed by atoms with van der Waals surface area (Å²) in [4.78, 5) is 27.5. The van der Waals surface area contributed by atoms with E-state index in [1.54, 1.807) is 12.1 Å². The van der Waals surface area contributed by atoms with Gasteiger partial charge in [-0.2, -0.15) is 0 Å². The zero-order valence-corrected chi connectivity index (χ0v) is 11.9. The molecular formula is C14H21N3O2. The lowest BCUT2D eigenvalue weighted by molar-refractivity contribution is 0.0913. The second-order valence-electron chi connectivity index (χ2n) is 5.39. The number of amides is 2. The molecule has 0 spiro atoms. The van der Waals surface area contributed by atoms with Gasteiger partial charge in [0.25, 0.3) is 11.8 Å². The van der Waals surface area contributed by atoms with Crippen molar-refractivity contribution in [2.75, 3.05) is 6.54 Å². The van der Waals surface area contributed by atoms with Crippen molar-refractivity contribution in [1.29, 1.82) is 0 Å². The van der Waals surface area contributed by atoms with Gasteiger partial charge in [-0.15, -0.1) is 0 Å². The molecule has 0 aromatic carbocycles. The van der Waals surface area contributed by atoms with Crippen molar-refractivity contribution in [3.8, 4) is 0 Å². The Morgan fingerprint density at radius 2 is 1.89 bits per heavy atom. The summed E-state index contributed by atoms with van der Waals surface area (Å²) in [5.74, 6) is -0.412. The Balaban J connectivity index is 2.71. The van der Waals surface area contributed by atoms with Gasteiger partial charge in [-0.1, -0.05) is 6.92 Å². The largest absolute Gasteiger partial charge is 0.351 e. The van der Waals surface area contributed by atoms with Crippen LogP contribution >= 0.6 is 0 Å². The molecule has 1 aromatic heterocycles. The van der Waals surface area contributed by atoms with Crippen LogP contribution < -0.4 is 10.6 Å². The first-order chi connectivity index (χ1) is 8.83. The minimum absolute atomic E-state index is 0.194. The van der Waals surface area contributed by atoms with E-state index in [-0.39, 0.29) is 17.4 Å². The molecule has 0 unspecified atom stereocenters. The van der Waals surface area contributed by atoms with E-state index in [1.165, 1.54) is 6.20 Å². The van der Waals surface area contributed by atoms with Crippen LogP contribution in [0.4, 0.5) is 0 Å². The second kappa shape index (κ2) is 6.31. The highest BCUT2D eigenvalue weighted by Crippen LogP contribution is 2.05. The molecule has 0 bridgehead atoms. The Labute approximate surface area is 113 Å². The molecule has 1 rings (SSSR count). The normalized spacial score (nSPS) is 10.9. The van der Waals surface area contributed by atoms with Gasteiger partial charge in [0.05, 0.1) is 5.56 Å². The lowest BCUT2D eigenvalue weighted by Crippen LogP contribution is -2.40. The van der Waals surface area contributed by atoms with Crippen molar-refractivity contribution >= 4 is 11.8 Å². The highest BCUT2D eigenvalue weighted by molar-refractivity contribution is 5.96. The van der Waals surface area contributed by atoms with Crippen molar-refractivity contribution in [1.82, 2.24) is 15.6 Å². The minimum atomic E-state index is -0.297. The first-order valence-electron chi connectivity index (χ1n) is 6.40. The van der Waals surface area contributed by atoms with Gasteiger partial charge < -0.3 is 10.6 Å². The van der Waals surface area contributed by atoms with Gasteiger partial charge in [0.1, 0.15) is 5.69 Å². The van der Waals surface area contributed by atoms with Gasteiger partial charge in [0.2, 0.25) is 0 Å². The second-order valence-corrected chi connectivity index (χ2v) is 5.39. The smallest absolute Gasteiger partial charge is 0.269 e. The molecule has 0 atom stereocenters. The van der Waals surface area contributed by atoms with Crippen LogP contribution in [0.1, 0.15) is 55.0 Å². The van der Waals surface area contributed by atoms with Crippen LogP contribution in [-0.2, 0) is 0 Å². The van der Waals surface area contributed by atoms with Crippen molar-refractivity contribution in [3.05, 3.63) is 29.6 Å². The molecule has 104 valence electrons. The molecule has 0 aliphatic rings. The Morgan fingerprint density at radius 1 is 1.21 bits per heavy atom. The van der Waals surface area contributed by atoms with Crippen LogP contribution in [0.2, 0.25) is 0 Å². The van der Waals surface area contributed by atoms with Crippen molar-refractivity contribution in [2.45, 2.75) is 39.7 Å². The van der Waals surface area contributed by atoms with Gasteiger partial charge >= 0.3 is 0 Å². The maximum Gasteiger partial charge on any atom is 0.269 e. The third-order valence-electron chi connectivity index (χ3n) is 2.28. The molecule has 2 N–H and O–H groups in total. The summed E-state index contributed by atoms with van der Waals surface area (Å²) in [6.07, 6.45) is 2.29. The number of carbonyl (C=O) groups excluding carboxylic acids is 2. The number of nitrogens with zero attached hydrogens (tertiary/aromatic N) is 1. The standard InChI is InChI=1S/C14H21N3O2/c1-5-8-15-13(19)11-7-6-10(9-16-11)12(18)17-14(2,3)4/h6-7,9H,5,8H2,1-4H3,(H,15,19)(H,17,18). The zero-order valence-electron chi connectivity index (χ0n) is 11.9. The van der Waals surface area contributed by atoms with Gasteiger partial charge in [0, 0.05) is 18.3 Å². The van der Waals surface area contributed by atoms with Crippen LogP contribution in [0.25, 0.3) is 0 Å². The first-order valence-corrected chi connectivity index (χ1v) is 6.40. The highest BCUT2D eigenvalue weighted by atomic mass is 16.2. The van der Waals surface area contributed by atoms with Gasteiger partial charge in [-0.3, -0.25) is 14.6 Å². The summed E-state index contributed by atoms with van der Waals surface area (Å²) in [5.41, 5.74) is 0.469. The molecule has 2 amide bonds. The molecule has 0 radical (unpaired) electrons. The quantitative estimate of drug-likeness (QED) is 0.869. The Kier molecular flexibility index (Phi) is 5.03. The van der Waals surface area contributed by atoms with E-state index in [9.17, 15) is 9.59 Å². The number of hydrogen-bond donors (Lipinski definition) is 2. The molecule has 0 fully saturated rings. The number of carbonyl (C=O) groups is 2. The average molecular weight is 263 g/mol. The molecule has 1 heterocycles. The van der Waals surface area contributed by atoms with Crippen molar-refractivity contribution < 1.29 is 9.59 Å². The lowest BCUT2D eigenvalue weighted by Gasteiger charge is -2.20. The molecule has 5 heteroatoms. The highest BCUT2D eigenvalue weighted by Gasteiger charge is 2.16. The Morgan fingerprint density at radius 3 is 2.37 bits per heavy atom. The molecule has 5 nitrogen and oxygen atoms in total. The molecule has 19 heavy (non-hydrogen) atoms. The molecule has 0 saturated carbocycles. The van der Waals surface area contributed by atoms with Crippen molar-refractivity contribution in [3.63, 3.8) is 0 Å². The summed E-state index contributed by atoms with van der Waals surface area (Å²) < 4.78 is 0. The van der Waals surface area contributed by atoms with Crippen LogP contribution in [0.15, 0.2) is 18.3 Å². The average Bonchev–Trinajstić information content (AvgIpc) is 2.34. The predicted octanol–water partition coefficient (Wildman–Crippen LogP) is 1.75. The number of pyridine rings is 1. The number of aromatic nitrogens is 1. The van der Waals surface area contributed by atoms with E-state index < -0.39 is 0 Å². The topological polar surface area (TPSA) is 71.1 Å². The molecule has 0 aliphatic carbocycles. The van der Waals surface area contributed by atoms with Gasteiger partial charge in [-0.25, -0.2) is 0 Å².